The average Bonchev–Trinajstić information content (AvgIpc) is 3.16. The fraction of sp³-hybridized carbons (Fsp3) is 0.143. The molecule has 0 aliphatic heterocycles. The van der Waals surface area contributed by atoms with Gasteiger partial charge >= 0.3 is 0 Å². The number of carbonyl (C=O) groups excluding carboxylic acids is 1. The van der Waals surface area contributed by atoms with Crippen molar-refractivity contribution in [1.82, 2.24) is 19.7 Å². The lowest BCUT2D eigenvalue weighted by Gasteiger charge is -2.15. The Labute approximate surface area is 125 Å². The average molecular weight is 299 g/mol. The number of rotatable bonds is 3. The summed E-state index contributed by atoms with van der Waals surface area (Å²) in [7, 11) is 3.52. The van der Waals surface area contributed by atoms with Crippen LogP contribution < -0.4 is 4.90 Å². The van der Waals surface area contributed by atoms with Crippen LogP contribution >= 0.6 is 11.3 Å². The molecule has 6 nitrogen and oxygen atoms in total. The molecule has 0 radical (unpaired) electrons. The van der Waals surface area contributed by atoms with Gasteiger partial charge in [0.05, 0.1) is 11.2 Å². The number of aromatic nitrogens is 4. The third kappa shape index (κ3) is 2.55. The number of nitrogens with zero attached hydrogens (tertiary/aromatic N) is 5. The minimum Gasteiger partial charge on any atom is -0.295 e. The minimum absolute atomic E-state index is 0.156. The molecule has 0 fully saturated rings. The Balaban J connectivity index is 1.93. The molecule has 3 rings (SSSR count). The fourth-order valence-electron chi connectivity index (χ4n) is 2.02. The molecule has 0 unspecified atom stereocenters. The number of hydrogen-bond donors (Lipinski definition) is 0. The van der Waals surface area contributed by atoms with E-state index in [1.165, 1.54) is 11.3 Å². The summed E-state index contributed by atoms with van der Waals surface area (Å²) in [5.74, 6) is 0.545. The number of carbonyl (C=O) groups is 1. The maximum atomic E-state index is 12.3. The molecule has 0 N–H and O–H groups in total. The van der Waals surface area contributed by atoms with Crippen LogP contribution in [0.5, 0.6) is 0 Å². The summed E-state index contributed by atoms with van der Waals surface area (Å²) in [5, 5.41) is 6.16. The Hall–Kier alpha value is -2.54. The van der Waals surface area contributed by atoms with Crippen LogP contribution in [0.4, 0.5) is 5.82 Å². The largest absolute Gasteiger partial charge is 0.295 e. The van der Waals surface area contributed by atoms with Crippen molar-refractivity contribution in [3.05, 3.63) is 47.2 Å². The number of thiazole rings is 1. The van der Waals surface area contributed by atoms with Crippen molar-refractivity contribution in [2.45, 2.75) is 0 Å². The van der Waals surface area contributed by atoms with Gasteiger partial charge in [0.25, 0.3) is 5.91 Å². The highest BCUT2D eigenvalue weighted by Gasteiger charge is 2.19. The molecule has 3 aromatic heterocycles. The minimum atomic E-state index is -0.156. The Morgan fingerprint density at radius 2 is 2.29 bits per heavy atom. The standard InChI is InChI=1S/C14H13N5OS/c1-18(14(20)12-8-21-9-16-12)13-6-11(17-19(13)2)10-4-3-5-15-7-10/h3-9H,1-2H3. The van der Waals surface area contributed by atoms with Crippen LogP contribution in [0.25, 0.3) is 11.3 Å². The van der Waals surface area contributed by atoms with Crippen molar-refractivity contribution in [3.63, 3.8) is 0 Å². The zero-order chi connectivity index (χ0) is 14.8. The van der Waals surface area contributed by atoms with E-state index < -0.39 is 0 Å². The highest BCUT2D eigenvalue weighted by Crippen LogP contribution is 2.23. The van der Waals surface area contributed by atoms with E-state index in [1.807, 2.05) is 18.2 Å². The van der Waals surface area contributed by atoms with Crippen molar-refractivity contribution < 1.29 is 4.79 Å². The van der Waals surface area contributed by atoms with E-state index in [1.54, 1.807) is 47.0 Å². The predicted octanol–water partition coefficient (Wildman–Crippen LogP) is 2.22. The normalized spacial score (nSPS) is 10.6. The number of pyridine rings is 1. The second-order valence-electron chi connectivity index (χ2n) is 4.49. The third-order valence-electron chi connectivity index (χ3n) is 3.11. The van der Waals surface area contributed by atoms with Crippen LogP contribution in [-0.4, -0.2) is 32.7 Å². The van der Waals surface area contributed by atoms with Crippen LogP contribution in [0.2, 0.25) is 0 Å². The summed E-state index contributed by atoms with van der Waals surface area (Å²) < 4.78 is 1.67. The van der Waals surface area contributed by atoms with Crippen molar-refractivity contribution in [2.75, 3.05) is 11.9 Å². The lowest BCUT2D eigenvalue weighted by molar-refractivity contribution is 0.0987. The van der Waals surface area contributed by atoms with E-state index in [0.29, 0.717) is 11.5 Å². The first-order valence-electron chi connectivity index (χ1n) is 6.27. The third-order valence-corrected chi connectivity index (χ3v) is 3.70. The first-order valence-corrected chi connectivity index (χ1v) is 7.22. The lowest BCUT2D eigenvalue weighted by atomic mass is 10.2. The van der Waals surface area contributed by atoms with E-state index in [-0.39, 0.29) is 5.91 Å². The Bertz CT molecular complexity index is 751. The molecule has 0 atom stereocenters. The molecule has 0 bridgehead atoms. The number of hydrogen-bond acceptors (Lipinski definition) is 5. The van der Waals surface area contributed by atoms with Gasteiger partial charge in [-0.25, -0.2) is 4.98 Å². The Morgan fingerprint density at radius 3 is 2.95 bits per heavy atom. The number of amides is 1. The molecule has 3 heterocycles. The van der Waals surface area contributed by atoms with Gasteiger partial charge in [-0.3, -0.25) is 19.4 Å². The molecular formula is C14H13N5OS. The first-order chi connectivity index (χ1) is 10.2. The van der Waals surface area contributed by atoms with Gasteiger partial charge in [-0.1, -0.05) is 0 Å². The summed E-state index contributed by atoms with van der Waals surface area (Å²) in [6, 6.07) is 5.65. The maximum Gasteiger partial charge on any atom is 0.278 e. The van der Waals surface area contributed by atoms with Gasteiger partial charge in [0.1, 0.15) is 11.5 Å². The Morgan fingerprint density at radius 1 is 1.43 bits per heavy atom. The van der Waals surface area contributed by atoms with Crippen LogP contribution in [0, 0.1) is 0 Å². The molecule has 106 valence electrons. The molecule has 0 spiro atoms. The summed E-state index contributed by atoms with van der Waals surface area (Å²) in [5.41, 5.74) is 3.77. The molecule has 1 amide bonds. The van der Waals surface area contributed by atoms with Gasteiger partial charge < -0.3 is 0 Å². The molecular weight excluding hydrogens is 286 g/mol. The lowest BCUT2D eigenvalue weighted by Crippen LogP contribution is -2.28. The van der Waals surface area contributed by atoms with Crippen LogP contribution in [0.3, 0.4) is 0 Å². The monoisotopic (exact) mass is 299 g/mol. The summed E-state index contributed by atoms with van der Waals surface area (Å²) in [6.07, 6.45) is 3.46. The van der Waals surface area contributed by atoms with Crippen molar-refractivity contribution in [2.24, 2.45) is 7.05 Å². The summed E-state index contributed by atoms with van der Waals surface area (Å²) in [4.78, 5) is 22.0. The zero-order valence-corrected chi connectivity index (χ0v) is 12.4. The van der Waals surface area contributed by atoms with Crippen molar-refractivity contribution >= 4 is 23.1 Å². The second kappa shape index (κ2) is 5.45. The molecule has 0 aromatic carbocycles. The predicted molar refractivity (Wildman–Crippen MR) is 81.3 cm³/mol. The highest BCUT2D eigenvalue weighted by molar-refractivity contribution is 7.07. The molecule has 3 aromatic rings. The van der Waals surface area contributed by atoms with Gasteiger partial charge in [-0.15, -0.1) is 11.3 Å². The second-order valence-corrected chi connectivity index (χ2v) is 5.21. The van der Waals surface area contributed by atoms with E-state index in [9.17, 15) is 4.79 Å². The molecule has 0 aliphatic carbocycles. The molecule has 7 heteroatoms. The number of aryl methyl sites for hydroxylation is 1. The van der Waals surface area contributed by atoms with Gasteiger partial charge in [0, 0.05) is 43.5 Å². The smallest absolute Gasteiger partial charge is 0.278 e. The summed E-state index contributed by atoms with van der Waals surface area (Å²) in [6.45, 7) is 0. The summed E-state index contributed by atoms with van der Waals surface area (Å²) >= 11 is 1.40. The number of anilines is 1. The highest BCUT2D eigenvalue weighted by atomic mass is 32.1. The topological polar surface area (TPSA) is 63.9 Å². The van der Waals surface area contributed by atoms with Gasteiger partial charge in [-0.2, -0.15) is 5.10 Å². The van der Waals surface area contributed by atoms with Gasteiger partial charge in [-0.05, 0) is 12.1 Å². The molecule has 0 aliphatic rings. The fourth-order valence-corrected chi connectivity index (χ4v) is 2.55. The van der Waals surface area contributed by atoms with Crippen LogP contribution in [0.1, 0.15) is 10.5 Å². The first kappa shape index (κ1) is 13.4. The van der Waals surface area contributed by atoms with E-state index >= 15 is 0 Å². The van der Waals surface area contributed by atoms with Crippen LogP contribution in [0.15, 0.2) is 41.5 Å². The SMILES string of the molecule is CN(C(=O)c1cscn1)c1cc(-c2cccnc2)nn1C. The van der Waals surface area contributed by atoms with Gasteiger partial charge in [0.15, 0.2) is 0 Å². The van der Waals surface area contributed by atoms with E-state index in [0.717, 1.165) is 11.3 Å². The maximum absolute atomic E-state index is 12.3. The zero-order valence-electron chi connectivity index (χ0n) is 11.6. The van der Waals surface area contributed by atoms with E-state index in [4.69, 9.17) is 0 Å². The molecule has 21 heavy (non-hydrogen) atoms. The van der Waals surface area contributed by atoms with E-state index in [2.05, 4.69) is 15.1 Å². The van der Waals surface area contributed by atoms with Gasteiger partial charge in [0.2, 0.25) is 0 Å². The molecule has 0 saturated heterocycles. The van der Waals surface area contributed by atoms with Crippen LogP contribution in [-0.2, 0) is 7.05 Å². The Kier molecular flexibility index (Phi) is 3.49. The molecule has 0 saturated carbocycles. The van der Waals surface area contributed by atoms with Crippen molar-refractivity contribution in [1.29, 1.82) is 0 Å². The quantitative estimate of drug-likeness (QED) is 0.744. The van der Waals surface area contributed by atoms with Crippen molar-refractivity contribution in [3.8, 4) is 11.3 Å².